The standard InChI is InChI=1S/C14H15N5O3S2/c1-3-9(20-5-1)7-15-13-18-19-14(24-13)23-8-11-16-17-12(22-11)10-4-2-6-21-10/h2,4,6,9H,1,3,5,7-8H2,(H,15,18)/t9-/m0/s1. The third kappa shape index (κ3) is 3.77. The molecule has 0 radical (unpaired) electrons. The minimum Gasteiger partial charge on any atom is -0.459 e. The summed E-state index contributed by atoms with van der Waals surface area (Å²) >= 11 is 3.02. The van der Waals surface area contributed by atoms with E-state index < -0.39 is 0 Å². The second kappa shape index (κ2) is 7.32. The van der Waals surface area contributed by atoms with Crippen LogP contribution in [0.25, 0.3) is 11.7 Å². The number of aromatic nitrogens is 4. The minimum atomic E-state index is 0.281. The van der Waals surface area contributed by atoms with E-state index in [1.54, 1.807) is 18.4 Å². The molecule has 8 nitrogen and oxygen atoms in total. The van der Waals surface area contributed by atoms with Crippen LogP contribution in [0.1, 0.15) is 18.7 Å². The quantitative estimate of drug-likeness (QED) is 0.633. The van der Waals surface area contributed by atoms with Gasteiger partial charge in [-0.3, -0.25) is 0 Å². The van der Waals surface area contributed by atoms with Crippen molar-refractivity contribution in [1.82, 2.24) is 20.4 Å². The number of thioether (sulfide) groups is 1. The van der Waals surface area contributed by atoms with Crippen LogP contribution < -0.4 is 5.32 Å². The van der Waals surface area contributed by atoms with Crippen LogP contribution in [0.2, 0.25) is 0 Å². The highest BCUT2D eigenvalue weighted by Gasteiger charge is 2.16. The average Bonchev–Trinajstić information content (AvgIpc) is 3.40. The van der Waals surface area contributed by atoms with Crippen LogP contribution in [0.5, 0.6) is 0 Å². The summed E-state index contributed by atoms with van der Waals surface area (Å²) in [5, 5.41) is 20.3. The van der Waals surface area contributed by atoms with Crippen molar-refractivity contribution in [3.8, 4) is 11.7 Å². The van der Waals surface area contributed by atoms with Crippen LogP contribution in [0.3, 0.4) is 0 Å². The number of rotatable bonds is 7. The highest BCUT2D eigenvalue weighted by molar-refractivity contribution is 8.00. The highest BCUT2D eigenvalue weighted by Crippen LogP contribution is 2.29. The molecule has 1 fully saturated rings. The normalized spacial score (nSPS) is 17.4. The van der Waals surface area contributed by atoms with E-state index in [0.717, 1.165) is 35.5 Å². The van der Waals surface area contributed by atoms with Crippen molar-refractivity contribution < 1.29 is 13.6 Å². The molecule has 4 heterocycles. The Morgan fingerprint density at radius 2 is 2.29 bits per heavy atom. The minimum absolute atomic E-state index is 0.281. The molecule has 0 aromatic carbocycles. The molecule has 0 saturated carbocycles. The molecule has 1 saturated heterocycles. The molecule has 0 aliphatic carbocycles. The summed E-state index contributed by atoms with van der Waals surface area (Å²) in [5.41, 5.74) is 0. The molecule has 0 unspecified atom stereocenters. The zero-order chi connectivity index (χ0) is 16.2. The molecule has 3 aromatic heterocycles. The van der Waals surface area contributed by atoms with Gasteiger partial charge in [0.05, 0.1) is 18.1 Å². The maximum atomic E-state index is 5.57. The fourth-order valence-corrected chi connectivity index (χ4v) is 3.88. The van der Waals surface area contributed by atoms with Gasteiger partial charge in [-0.25, -0.2) is 0 Å². The summed E-state index contributed by atoms with van der Waals surface area (Å²) < 4.78 is 17.2. The molecule has 1 aliphatic rings. The van der Waals surface area contributed by atoms with E-state index in [1.165, 1.54) is 23.1 Å². The molecule has 1 atom stereocenters. The van der Waals surface area contributed by atoms with E-state index >= 15 is 0 Å². The Morgan fingerprint density at radius 3 is 3.12 bits per heavy atom. The first-order valence-corrected chi connectivity index (χ1v) is 9.35. The monoisotopic (exact) mass is 365 g/mol. The lowest BCUT2D eigenvalue weighted by Gasteiger charge is -2.08. The number of hydrogen-bond donors (Lipinski definition) is 1. The second-order valence-electron chi connectivity index (χ2n) is 5.16. The van der Waals surface area contributed by atoms with Crippen LogP contribution in [-0.2, 0) is 10.5 Å². The van der Waals surface area contributed by atoms with Gasteiger partial charge in [-0.1, -0.05) is 23.1 Å². The van der Waals surface area contributed by atoms with E-state index in [2.05, 4.69) is 25.7 Å². The van der Waals surface area contributed by atoms with Crippen LogP contribution in [-0.4, -0.2) is 39.7 Å². The zero-order valence-corrected chi connectivity index (χ0v) is 14.3. The third-order valence-corrected chi connectivity index (χ3v) is 5.43. The summed E-state index contributed by atoms with van der Waals surface area (Å²) in [6.45, 7) is 1.63. The van der Waals surface area contributed by atoms with Crippen LogP contribution in [0, 0.1) is 0 Å². The summed E-state index contributed by atoms with van der Waals surface area (Å²) in [7, 11) is 0. The summed E-state index contributed by atoms with van der Waals surface area (Å²) in [4.78, 5) is 0. The van der Waals surface area contributed by atoms with Gasteiger partial charge in [-0.05, 0) is 25.0 Å². The number of ether oxygens (including phenoxy) is 1. The van der Waals surface area contributed by atoms with E-state index in [1.807, 2.05) is 0 Å². The molecule has 1 aliphatic heterocycles. The average molecular weight is 365 g/mol. The van der Waals surface area contributed by atoms with Gasteiger partial charge < -0.3 is 18.9 Å². The maximum Gasteiger partial charge on any atom is 0.283 e. The molecule has 0 bridgehead atoms. The topological polar surface area (TPSA) is 99.1 Å². The molecule has 4 rings (SSSR count). The molecular formula is C14H15N5O3S2. The van der Waals surface area contributed by atoms with Crippen molar-refractivity contribution in [2.24, 2.45) is 0 Å². The van der Waals surface area contributed by atoms with E-state index in [9.17, 15) is 0 Å². The van der Waals surface area contributed by atoms with Crippen LogP contribution in [0.15, 0.2) is 31.6 Å². The fraction of sp³-hybridized carbons (Fsp3) is 0.429. The first-order chi connectivity index (χ1) is 11.9. The van der Waals surface area contributed by atoms with Gasteiger partial charge in [0.2, 0.25) is 11.0 Å². The third-order valence-electron chi connectivity index (χ3n) is 3.43. The van der Waals surface area contributed by atoms with Crippen molar-refractivity contribution in [2.75, 3.05) is 18.5 Å². The highest BCUT2D eigenvalue weighted by atomic mass is 32.2. The Hall–Kier alpha value is -1.91. The molecule has 10 heteroatoms. The Labute approximate surface area is 146 Å². The molecule has 0 spiro atoms. The molecule has 3 aromatic rings. The second-order valence-corrected chi connectivity index (χ2v) is 7.36. The van der Waals surface area contributed by atoms with Crippen molar-refractivity contribution in [1.29, 1.82) is 0 Å². The Bertz CT molecular complexity index is 767. The fourth-order valence-electron chi connectivity index (χ4n) is 2.28. The van der Waals surface area contributed by atoms with Gasteiger partial charge >= 0.3 is 0 Å². The van der Waals surface area contributed by atoms with Gasteiger partial charge in [0.15, 0.2) is 10.1 Å². The van der Waals surface area contributed by atoms with Gasteiger partial charge in [0, 0.05) is 13.2 Å². The van der Waals surface area contributed by atoms with Crippen LogP contribution in [0.4, 0.5) is 5.13 Å². The number of anilines is 1. The largest absolute Gasteiger partial charge is 0.459 e. The zero-order valence-electron chi connectivity index (χ0n) is 12.7. The summed E-state index contributed by atoms with van der Waals surface area (Å²) in [6, 6.07) is 3.56. The Kier molecular flexibility index (Phi) is 4.76. The van der Waals surface area contributed by atoms with Gasteiger partial charge in [-0.2, -0.15) is 0 Å². The summed E-state index contributed by atoms with van der Waals surface area (Å²) in [5.74, 6) is 2.01. The Morgan fingerprint density at radius 1 is 1.29 bits per heavy atom. The van der Waals surface area contributed by atoms with Gasteiger partial charge in [-0.15, -0.1) is 20.4 Å². The predicted molar refractivity (Wildman–Crippen MR) is 88.9 cm³/mol. The smallest absolute Gasteiger partial charge is 0.283 e. The molecule has 0 amide bonds. The predicted octanol–water partition coefficient (Wildman–Crippen LogP) is 3.06. The first kappa shape index (κ1) is 15.6. The SMILES string of the molecule is c1coc(-c2nnc(CSc3nnc(NC[C@@H]4CCCO4)s3)o2)c1. The first-order valence-electron chi connectivity index (χ1n) is 7.55. The van der Waals surface area contributed by atoms with Crippen molar-refractivity contribution in [2.45, 2.75) is 29.0 Å². The Balaban J connectivity index is 1.28. The molecular weight excluding hydrogens is 350 g/mol. The van der Waals surface area contributed by atoms with Gasteiger partial charge in [0.1, 0.15) is 0 Å². The molecule has 24 heavy (non-hydrogen) atoms. The summed E-state index contributed by atoms with van der Waals surface area (Å²) in [6.07, 6.45) is 4.08. The van der Waals surface area contributed by atoms with Gasteiger partial charge in [0.25, 0.3) is 5.89 Å². The number of nitrogens with one attached hydrogen (secondary N) is 1. The number of nitrogens with zero attached hydrogens (tertiary/aromatic N) is 4. The van der Waals surface area contributed by atoms with Crippen molar-refractivity contribution >= 4 is 28.2 Å². The lowest BCUT2D eigenvalue weighted by atomic mass is 10.2. The van der Waals surface area contributed by atoms with Crippen molar-refractivity contribution in [3.05, 3.63) is 24.3 Å². The molecule has 126 valence electrons. The molecule has 1 N–H and O–H groups in total. The number of furan rings is 1. The van der Waals surface area contributed by atoms with Crippen molar-refractivity contribution in [3.63, 3.8) is 0 Å². The maximum absolute atomic E-state index is 5.57. The van der Waals surface area contributed by atoms with E-state index in [4.69, 9.17) is 13.6 Å². The van der Waals surface area contributed by atoms with Crippen LogP contribution >= 0.6 is 23.1 Å². The lowest BCUT2D eigenvalue weighted by molar-refractivity contribution is 0.120. The lowest BCUT2D eigenvalue weighted by Crippen LogP contribution is -2.18. The van der Waals surface area contributed by atoms with E-state index in [-0.39, 0.29) is 6.10 Å². The van der Waals surface area contributed by atoms with E-state index in [0.29, 0.717) is 23.3 Å². The number of hydrogen-bond acceptors (Lipinski definition) is 10.